The zero-order chi connectivity index (χ0) is 14.7. The minimum absolute atomic E-state index is 0.344. The van der Waals surface area contributed by atoms with E-state index >= 15 is 0 Å². The zero-order valence-electron chi connectivity index (χ0n) is 12.2. The summed E-state index contributed by atoms with van der Waals surface area (Å²) in [5.74, 6) is 0. The maximum Gasteiger partial charge on any atom is 0.407 e. The number of amides is 1. The first-order valence-corrected chi connectivity index (χ1v) is 6.20. The lowest BCUT2D eigenvalue weighted by Crippen LogP contribution is -2.45. The number of hydrogen-bond donors (Lipinski definition) is 2. The normalized spacial score (nSPS) is 14.8. The summed E-state index contributed by atoms with van der Waals surface area (Å²) >= 11 is 0. The van der Waals surface area contributed by atoms with Gasteiger partial charge in [-0.15, -0.1) is 5.10 Å². The van der Waals surface area contributed by atoms with E-state index in [0.717, 1.165) is 5.69 Å². The summed E-state index contributed by atoms with van der Waals surface area (Å²) in [7, 11) is 1.79. The van der Waals surface area contributed by atoms with Crippen LogP contribution in [0.2, 0.25) is 0 Å². The summed E-state index contributed by atoms with van der Waals surface area (Å²) in [5.41, 5.74) is 5.55. The molecular formula is C12H23N5O2. The van der Waals surface area contributed by atoms with Crippen molar-refractivity contribution in [3.8, 4) is 0 Å². The van der Waals surface area contributed by atoms with Crippen molar-refractivity contribution in [1.82, 2.24) is 20.3 Å². The van der Waals surface area contributed by atoms with Crippen molar-refractivity contribution in [2.75, 3.05) is 13.1 Å². The number of ether oxygens (including phenoxy) is 1. The molecule has 1 rings (SSSR count). The van der Waals surface area contributed by atoms with E-state index in [2.05, 4.69) is 15.6 Å². The van der Waals surface area contributed by atoms with Crippen LogP contribution < -0.4 is 11.1 Å². The summed E-state index contributed by atoms with van der Waals surface area (Å²) in [6, 6.07) is 0. The van der Waals surface area contributed by atoms with Gasteiger partial charge in [-0.05, 0) is 20.8 Å². The highest BCUT2D eigenvalue weighted by molar-refractivity contribution is 5.67. The molecule has 0 radical (unpaired) electrons. The first-order valence-electron chi connectivity index (χ1n) is 6.20. The standard InChI is InChI=1S/C12H23N5O2/c1-11(2,3)19-10(18)14-8-12(4,7-13)9-6-17(5)16-15-9/h6H,7-8,13H2,1-5H3,(H,14,18). The molecule has 0 aromatic carbocycles. The lowest BCUT2D eigenvalue weighted by Gasteiger charge is -2.27. The van der Waals surface area contributed by atoms with Gasteiger partial charge in [0.15, 0.2) is 0 Å². The lowest BCUT2D eigenvalue weighted by molar-refractivity contribution is 0.0516. The van der Waals surface area contributed by atoms with Gasteiger partial charge in [0.1, 0.15) is 5.60 Å². The summed E-state index contributed by atoms with van der Waals surface area (Å²) in [5, 5.41) is 10.7. The second kappa shape index (κ2) is 5.56. The van der Waals surface area contributed by atoms with Gasteiger partial charge < -0.3 is 15.8 Å². The van der Waals surface area contributed by atoms with Crippen LogP contribution in [-0.4, -0.2) is 39.8 Å². The number of nitrogens with one attached hydrogen (secondary N) is 1. The van der Waals surface area contributed by atoms with E-state index in [4.69, 9.17) is 10.5 Å². The molecule has 19 heavy (non-hydrogen) atoms. The average molecular weight is 269 g/mol. The fourth-order valence-corrected chi connectivity index (χ4v) is 1.47. The van der Waals surface area contributed by atoms with Crippen LogP contribution >= 0.6 is 0 Å². The molecule has 7 heteroatoms. The van der Waals surface area contributed by atoms with Crippen molar-refractivity contribution in [3.05, 3.63) is 11.9 Å². The smallest absolute Gasteiger partial charge is 0.407 e. The summed E-state index contributed by atoms with van der Waals surface area (Å²) in [4.78, 5) is 11.6. The molecule has 1 unspecified atom stereocenters. The number of carbonyl (C=O) groups is 1. The quantitative estimate of drug-likeness (QED) is 0.832. The molecule has 1 atom stereocenters. The van der Waals surface area contributed by atoms with Crippen LogP contribution in [0.1, 0.15) is 33.4 Å². The van der Waals surface area contributed by atoms with Gasteiger partial charge in [-0.3, -0.25) is 4.68 Å². The van der Waals surface area contributed by atoms with Crippen LogP contribution in [0.4, 0.5) is 4.79 Å². The topological polar surface area (TPSA) is 95.1 Å². The molecule has 0 saturated carbocycles. The van der Waals surface area contributed by atoms with Crippen molar-refractivity contribution in [1.29, 1.82) is 0 Å². The maximum atomic E-state index is 11.6. The van der Waals surface area contributed by atoms with Crippen LogP contribution in [-0.2, 0) is 17.2 Å². The Bertz CT molecular complexity index is 438. The monoisotopic (exact) mass is 269 g/mol. The van der Waals surface area contributed by atoms with Gasteiger partial charge in [0.05, 0.1) is 5.69 Å². The molecule has 0 saturated heterocycles. The highest BCUT2D eigenvalue weighted by Crippen LogP contribution is 2.19. The molecule has 1 amide bonds. The fraction of sp³-hybridized carbons (Fsp3) is 0.750. The molecule has 0 aliphatic heterocycles. The van der Waals surface area contributed by atoms with E-state index < -0.39 is 17.1 Å². The number of nitrogens with two attached hydrogens (primary N) is 1. The first kappa shape index (κ1) is 15.4. The molecule has 1 aromatic rings. The number of hydrogen-bond acceptors (Lipinski definition) is 5. The van der Waals surface area contributed by atoms with Gasteiger partial charge in [-0.25, -0.2) is 4.79 Å². The third-order valence-corrected chi connectivity index (χ3v) is 2.69. The Balaban J connectivity index is 2.65. The van der Waals surface area contributed by atoms with E-state index in [0.29, 0.717) is 13.1 Å². The molecule has 1 aromatic heterocycles. The number of alkyl carbamates (subject to hydrolysis) is 1. The van der Waals surface area contributed by atoms with Crippen LogP contribution in [0.3, 0.4) is 0 Å². The van der Waals surface area contributed by atoms with Crippen molar-refractivity contribution in [3.63, 3.8) is 0 Å². The van der Waals surface area contributed by atoms with Crippen molar-refractivity contribution in [2.45, 2.75) is 38.7 Å². The molecule has 3 N–H and O–H groups in total. The Kier molecular flexibility index (Phi) is 4.52. The van der Waals surface area contributed by atoms with Crippen LogP contribution in [0.25, 0.3) is 0 Å². The predicted molar refractivity (Wildman–Crippen MR) is 71.6 cm³/mol. The van der Waals surface area contributed by atoms with Crippen LogP contribution in [0, 0.1) is 0 Å². The van der Waals surface area contributed by atoms with Gasteiger partial charge in [0.2, 0.25) is 0 Å². The largest absolute Gasteiger partial charge is 0.444 e. The minimum atomic E-state index is -0.518. The van der Waals surface area contributed by atoms with Gasteiger partial charge >= 0.3 is 6.09 Å². The third kappa shape index (κ3) is 4.51. The summed E-state index contributed by atoms with van der Waals surface area (Å²) in [6.07, 6.45) is 1.33. The molecule has 108 valence electrons. The van der Waals surface area contributed by atoms with Crippen LogP contribution in [0.5, 0.6) is 0 Å². The van der Waals surface area contributed by atoms with Crippen molar-refractivity contribution >= 4 is 6.09 Å². The fourth-order valence-electron chi connectivity index (χ4n) is 1.47. The van der Waals surface area contributed by atoms with Crippen LogP contribution in [0.15, 0.2) is 6.20 Å². The van der Waals surface area contributed by atoms with Gasteiger partial charge in [-0.1, -0.05) is 12.1 Å². The molecule has 0 aliphatic rings. The molecular weight excluding hydrogens is 246 g/mol. The Morgan fingerprint density at radius 2 is 2.11 bits per heavy atom. The number of rotatable bonds is 4. The van der Waals surface area contributed by atoms with Gasteiger partial charge in [0, 0.05) is 31.7 Å². The molecule has 0 fully saturated rings. The Morgan fingerprint density at radius 1 is 1.47 bits per heavy atom. The number of nitrogens with zero attached hydrogens (tertiary/aromatic N) is 3. The SMILES string of the molecule is Cn1cc(C(C)(CN)CNC(=O)OC(C)(C)C)nn1. The van der Waals surface area contributed by atoms with Gasteiger partial charge in [-0.2, -0.15) is 0 Å². The Hall–Kier alpha value is -1.63. The summed E-state index contributed by atoms with van der Waals surface area (Å²) < 4.78 is 6.79. The Labute approximate surface area is 113 Å². The third-order valence-electron chi connectivity index (χ3n) is 2.69. The molecule has 1 heterocycles. The molecule has 0 bridgehead atoms. The molecule has 7 nitrogen and oxygen atoms in total. The maximum absolute atomic E-state index is 11.6. The van der Waals surface area contributed by atoms with E-state index in [-0.39, 0.29) is 0 Å². The van der Waals surface area contributed by atoms with E-state index in [1.807, 2.05) is 27.7 Å². The highest BCUT2D eigenvalue weighted by atomic mass is 16.6. The number of carbonyl (C=O) groups excluding carboxylic acids is 1. The molecule has 0 aliphatic carbocycles. The van der Waals surface area contributed by atoms with E-state index in [9.17, 15) is 4.79 Å². The number of aryl methyl sites for hydroxylation is 1. The Morgan fingerprint density at radius 3 is 2.53 bits per heavy atom. The lowest BCUT2D eigenvalue weighted by atomic mass is 9.87. The zero-order valence-corrected chi connectivity index (χ0v) is 12.2. The molecule has 0 spiro atoms. The number of aromatic nitrogens is 3. The first-order chi connectivity index (χ1) is 8.66. The summed E-state index contributed by atoms with van der Waals surface area (Å²) in [6.45, 7) is 8.07. The minimum Gasteiger partial charge on any atom is -0.444 e. The van der Waals surface area contributed by atoms with E-state index in [1.54, 1.807) is 17.9 Å². The van der Waals surface area contributed by atoms with Crippen molar-refractivity contribution in [2.24, 2.45) is 12.8 Å². The van der Waals surface area contributed by atoms with E-state index in [1.165, 1.54) is 0 Å². The van der Waals surface area contributed by atoms with Crippen molar-refractivity contribution < 1.29 is 9.53 Å². The average Bonchev–Trinajstić information content (AvgIpc) is 2.71. The predicted octanol–water partition coefficient (Wildman–Crippen LogP) is 0.556. The highest BCUT2D eigenvalue weighted by Gasteiger charge is 2.29. The second-order valence-electron chi connectivity index (χ2n) is 5.90. The second-order valence-corrected chi connectivity index (χ2v) is 5.90. The van der Waals surface area contributed by atoms with Gasteiger partial charge in [0.25, 0.3) is 0 Å².